The Morgan fingerprint density at radius 2 is 1.69 bits per heavy atom. The molecule has 0 aliphatic rings. The summed E-state index contributed by atoms with van der Waals surface area (Å²) < 4.78 is 0. The fourth-order valence-electron chi connectivity index (χ4n) is 2.93. The molecule has 0 atom stereocenters. The Morgan fingerprint density at radius 3 is 2.27 bits per heavy atom. The molecule has 2 rings (SSSR count). The maximum atomic E-state index is 13.1. The quantitative estimate of drug-likeness (QED) is 0.679. The van der Waals surface area contributed by atoms with Gasteiger partial charge in [-0.1, -0.05) is 44.2 Å². The fraction of sp³-hybridized carbons (Fsp3) is 0.476. The largest absolute Gasteiger partial charge is 0.357 e. The highest BCUT2D eigenvalue weighted by Crippen LogP contribution is 2.16. The van der Waals surface area contributed by atoms with Gasteiger partial charge in [-0.15, -0.1) is 0 Å². The number of anilines is 1. The molecule has 0 bridgehead atoms. The van der Waals surface area contributed by atoms with Gasteiger partial charge < -0.3 is 9.80 Å². The van der Waals surface area contributed by atoms with Crippen molar-refractivity contribution in [3.05, 3.63) is 54.0 Å². The number of aromatic nitrogens is 2. The number of hydrogen-bond donors (Lipinski definition) is 0. The summed E-state index contributed by atoms with van der Waals surface area (Å²) in [6.07, 6.45) is 3.58. The van der Waals surface area contributed by atoms with E-state index >= 15 is 0 Å². The average Bonchev–Trinajstić information content (AvgIpc) is 2.66. The molecule has 1 aromatic heterocycles. The standard InChI is InChI=1S/C21H30N4O/c1-5-12-24(13-6-2)20-14-19(22-16-23-20)21(26)25(17(3)4)15-18-10-8-7-9-11-18/h7-11,14,16-17H,5-6,12-13,15H2,1-4H3. The molecule has 140 valence electrons. The fourth-order valence-corrected chi connectivity index (χ4v) is 2.93. The van der Waals surface area contributed by atoms with Crippen molar-refractivity contribution in [2.24, 2.45) is 0 Å². The summed E-state index contributed by atoms with van der Waals surface area (Å²) in [5, 5.41) is 0. The van der Waals surface area contributed by atoms with Crippen LogP contribution in [0.4, 0.5) is 5.82 Å². The second-order valence-electron chi connectivity index (χ2n) is 6.76. The highest BCUT2D eigenvalue weighted by atomic mass is 16.2. The van der Waals surface area contributed by atoms with Gasteiger partial charge in [0, 0.05) is 31.7 Å². The van der Waals surface area contributed by atoms with Gasteiger partial charge in [0.25, 0.3) is 5.91 Å². The lowest BCUT2D eigenvalue weighted by Gasteiger charge is -2.27. The van der Waals surface area contributed by atoms with Crippen molar-refractivity contribution in [1.82, 2.24) is 14.9 Å². The van der Waals surface area contributed by atoms with Gasteiger partial charge in [0.15, 0.2) is 0 Å². The lowest BCUT2D eigenvalue weighted by atomic mass is 10.1. The molecule has 1 amide bonds. The molecule has 0 radical (unpaired) electrons. The first kappa shape index (κ1) is 19.9. The lowest BCUT2D eigenvalue weighted by molar-refractivity contribution is 0.0684. The Kier molecular flexibility index (Phi) is 7.57. The van der Waals surface area contributed by atoms with Crippen LogP contribution in [0.1, 0.15) is 56.6 Å². The summed E-state index contributed by atoms with van der Waals surface area (Å²) in [5.41, 5.74) is 1.57. The molecule has 0 fully saturated rings. The first-order chi connectivity index (χ1) is 12.6. The smallest absolute Gasteiger partial charge is 0.273 e. The second kappa shape index (κ2) is 9.90. The third-order valence-corrected chi connectivity index (χ3v) is 4.26. The van der Waals surface area contributed by atoms with Crippen molar-refractivity contribution < 1.29 is 4.79 Å². The predicted octanol–water partition coefficient (Wildman–Crippen LogP) is 4.15. The summed E-state index contributed by atoms with van der Waals surface area (Å²) in [7, 11) is 0. The van der Waals surface area contributed by atoms with Crippen molar-refractivity contribution in [2.45, 2.75) is 53.1 Å². The van der Waals surface area contributed by atoms with E-state index in [-0.39, 0.29) is 11.9 Å². The summed E-state index contributed by atoms with van der Waals surface area (Å²) in [6, 6.07) is 12.0. The van der Waals surface area contributed by atoms with Gasteiger partial charge in [-0.3, -0.25) is 4.79 Å². The molecule has 26 heavy (non-hydrogen) atoms. The van der Waals surface area contributed by atoms with Gasteiger partial charge in [-0.2, -0.15) is 0 Å². The van der Waals surface area contributed by atoms with E-state index < -0.39 is 0 Å². The van der Waals surface area contributed by atoms with Crippen LogP contribution in [0.15, 0.2) is 42.7 Å². The van der Waals surface area contributed by atoms with Crippen molar-refractivity contribution in [2.75, 3.05) is 18.0 Å². The SMILES string of the molecule is CCCN(CCC)c1cc(C(=O)N(Cc2ccccc2)C(C)C)ncn1. The first-order valence-electron chi connectivity index (χ1n) is 9.48. The Labute approximate surface area is 157 Å². The van der Waals surface area contributed by atoms with Gasteiger partial charge >= 0.3 is 0 Å². The van der Waals surface area contributed by atoms with Gasteiger partial charge in [0.05, 0.1) is 0 Å². The normalized spacial score (nSPS) is 10.8. The van der Waals surface area contributed by atoms with Crippen molar-refractivity contribution in [3.63, 3.8) is 0 Å². The number of amides is 1. The van der Waals surface area contributed by atoms with Crippen LogP contribution in [0.3, 0.4) is 0 Å². The Morgan fingerprint density at radius 1 is 1.04 bits per heavy atom. The molecule has 0 saturated carbocycles. The first-order valence-corrected chi connectivity index (χ1v) is 9.48. The van der Waals surface area contributed by atoms with Crippen LogP contribution in [-0.4, -0.2) is 39.9 Å². The minimum atomic E-state index is -0.0551. The molecule has 0 saturated heterocycles. The molecule has 5 nitrogen and oxygen atoms in total. The molecular weight excluding hydrogens is 324 g/mol. The summed E-state index contributed by atoms with van der Waals surface area (Å²) in [4.78, 5) is 25.8. The van der Waals surface area contributed by atoms with Crippen LogP contribution < -0.4 is 4.90 Å². The maximum absolute atomic E-state index is 13.1. The molecule has 2 aromatic rings. The third-order valence-electron chi connectivity index (χ3n) is 4.26. The second-order valence-corrected chi connectivity index (χ2v) is 6.76. The van der Waals surface area contributed by atoms with Gasteiger partial charge in [0.1, 0.15) is 17.8 Å². The Balaban J connectivity index is 2.24. The van der Waals surface area contributed by atoms with E-state index in [9.17, 15) is 4.79 Å². The monoisotopic (exact) mass is 354 g/mol. The van der Waals surface area contributed by atoms with Crippen molar-refractivity contribution in [3.8, 4) is 0 Å². The van der Waals surface area contributed by atoms with Crippen LogP contribution >= 0.6 is 0 Å². The van der Waals surface area contributed by atoms with Crippen LogP contribution in [0.25, 0.3) is 0 Å². The summed E-state index contributed by atoms with van der Waals surface area (Å²) >= 11 is 0. The van der Waals surface area contributed by atoms with Gasteiger partial charge in [-0.05, 0) is 32.3 Å². The topological polar surface area (TPSA) is 49.3 Å². The minimum Gasteiger partial charge on any atom is -0.357 e. The van der Waals surface area contributed by atoms with Gasteiger partial charge in [-0.25, -0.2) is 9.97 Å². The van der Waals surface area contributed by atoms with Crippen molar-refractivity contribution in [1.29, 1.82) is 0 Å². The number of hydrogen-bond acceptors (Lipinski definition) is 4. The number of carbonyl (C=O) groups excluding carboxylic acids is 1. The van der Waals surface area contributed by atoms with E-state index in [4.69, 9.17) is 0 Å². The van der Waals surface area contributed by atoms with Crippen LogP contribution in [-0.2, 0) is 6.54 Å². The summed E-state index contributed by atoms with van der Waals surface area (Å²) in [5.74, 6) is 0.774. The molecule has 0 spiro atoms. The number of rotatable bonds is 9. The third kappa shape index (κ3) is 5.28. The van der Waals surface area contributed by atoms with E-state index in [0.29, 0.717) is 12.2 Å². The van der Waals surface area contributed by atoms with Crippen LogP contribution in [0.2, 0.25) is 0 Å². The highest BCUT2D eigenvalue weighted by Gasteiger charge is 2.21. The van der Waals surface area contributed by atoms with E-state index in [2.05, 4.69) is 28.7 Å². The van der Waals surface area contributed by atoms with Crippen LogP contribution in [0, 0.1) is 0 Å². The highest BCUT2D eigenvalue weighted by molar-refractivity contribution is 5.93. The van der Waals surface area contributed by atoms with Crippen molar-refractivity contribution >= 4 is 11.7 Å². The predicted molar refractivity (Wildman–Crippen MR) is 106 cm³/mol. The molecule has 0 N–H and O–H groups in total. The van der Waals surface area contributed by atoms with E-state index in [1.54, 1.807) is 0 Å². The molecule has 1 heterocycles. The zero-order valence-corrected chi connectivity index (χ0v) is 16.4. The Hall–Kier alpha value is -2.43. The zero-order chi connectivity index (χ0) is 18.9. The number of carbonyl (C=O) groups is 1. The van der Waals surface area contributed by atoms with E-state index in [0.717, 1.165) is 37.3 Å². The summed E-state index contributed by atoms with van der Waals surface area (Å²) in [6.45, 7) is 10.8. The molecular formula is C21H30N4O. The van der Waals surface area contributed by atoms with Crippen LogP contribution in [0.5, 0.6) is 0 Å². The molecule has 0 unspecified atom stereocenters. The lowest BCUT2D eigenvalue weighted by Crippen LogP contribution is -2.37. The average molecular weight is 354 g/mol. The van der Waals surface area contributed by atoms with Gasteiger partial charge in [0.2, 0.25) is 0 Å². The molecule has 1 aromatic carbocycles. The minimum absolute atomic E-state index is 0.0551. The zero-order valence-electron chi connectivity index (χ0n) is 16.4. The number of benzene rings is 1. The maximum Gasteiger partial charge on any atom is 0.273 e. The van der Waals surface area contributed by atoms with E-state index in [1.807, 2.05) is 55.1 Å². The molecule has 0 aliphatic carbocycles. The van der Waals surface area contributed by atoms with E-state index in [1.165, 1.54) is 6.33 Å². The number of nitrogens with zero attached hydrogens (tertiary/aromatic N) is 4. The molecule has 5 heteroatoms. The Bertz CT molecular complexity index is 681. The molecule has 0 aliphatic heterocycles.